The Balaban J connectivity index is 2.48. The quantitative estimate of drug-likeness (QED) is 0.686. The molecule has 8 nitrogen and oxygen atoms in total. The van der Waals surface area contributed by atoms with Crippen molar-refractivity contribution < 1.29 is 28.6 Å². The van der Waals surface area contributed by atoms with E-state index in [9.17, 15) is 14.4 Å². The van der Waals surface area contributed by atoms with Gasteiger partial charge in [0.1, 0.15) is 9.88 Å². The third kappa shape index (κ3) is 4.09. The maximum Gasteiger partial charge on any atom is 0.348 e. The van der Waals surface area contributed by atoms with E-state index in [4.69, 9.17) is 14.2 Å². The molecular formula is C19H22N2O6S. The zero-order chi connectivity index (χ0) is 20.8. The van der Waals surface area contributed by atoms with Gasteiger partial charge in [0.2, 0.25) is 0 Å². The van der Waals surface area contributed by atoms with Gasteiger partial charge in [0.15, 0.2) is 11.5 Å². The fourth-order valence-electron chi connectivity index (χ4n) is 2.63. The summed E-state index contributed by atoms with van der Waals surface area (Å²) in [6.45, 7) is 3.53. The van der Waals surface area contributed by atoms with Crippen LogP contribution in [0.3, 0.4) is 0 Å². The molecule has 0 atom stereocenters. The second-order valence-corrected chi connectivity index (χ2v) is 6.58. The Labute approximate surface area is 166 Å². The molecule has 28 heavy (non-hydrogen) atoms. The number of methoxy groups -OCH3 is 2. The average molecular weight is 406 g/mol. The fraction of sp³-hybridized carbons (Fsp3) is 0.316. The molecule has 0 unspecified atom stereocenters. The highest BCUT2D eigenvalue weighted by Crippen LogP contribution is 2.36. The molecule has 0 saturated carbocycles. The number of ether oxygens (including phenoxy) is 3. The van der Waals surface area contributed by atoms with Crippen LogP contribution in [0.2, 0.25) is 0 Å². The minimum Gasteiger partial charge on any atom is -0.493 e. The van der Waals surface area contributed by atoms with Gasteiger partial charge in [-0.2, -0.15) is 0 Å². The Bertz CT molecular complexity index is 906. The summed E-state index contributed by atoms with van der Waals surface area (Å²) in [6, 6.07) is 4.89. The SMILES string of the molecule is CCOC(=O)c1sc(NC(=O)c2cccc(OC)c2OC)c(C(=O)NC)c1C. The predicted octanol–water partition coefficient (Wildman–Crippen LogP) is 2.86. The molecule has 2 amide bonds. The molecule has 2 rings (SSSR count). The van der Waals surface area contributed by atoms with E-state index in [-0.39, 0.29) is 33.4 Å². The van der Waals surface area contributed by atoms with E-state index in [1.165, 1.54) is 21.3 Å². The number of carbonyl (C=O) groups is 3. The lowest BCUT2D eigenvalue weighted by molar-refractivity contribution is 0.0531. The molecule has 0 radical (unpaired) electrons. The van der Waals surface area contributed by atoms with Crippen molar-refractivity contribution in [2.75, 3.05) is 33.2 Å². The second kappa shape index (κ2) is 9.23. The predicted molar refractivity (Wildman–Crippen MR) is 106 cm³/mol. The summed E-state index contributed by atoms with van der Waals surface area (Å²) in [7, 11) is 4.37. The van der Waals surface area contributed by atoms with Crippen LogP contribution in [0.5, 0.6) is 11.5 Å². The Hall–Kier alpha value is -3.07. The van der Waals surface area contributed by atoms with Gasteiger partial charge in [-0.05, 0) is 31.5 Å². The number of hydrogen-bond donors (Lipinski definition) is 2. The molecular weight excluding hydrogens is 384 g/mol. The van der Waals surface area contributed by atoms with Gasteiger partial charge in [-0.15, -0.1) is 11.3 Å². The highest BCUT2D eigenvalue weighted by Gasteiger charge is 2.27. The molecule has 1 heterocycles. The number of amides is 2. The summed E-state index contributed by atoms with van der Waals surface area (Å²) < 4.78 is 15.5. The zero-order valence-electron chi connectivity index (χ0n) is 16.3. The molecule has 2 N–H and O–H groups in total. The third-order valence-corrected chi connectivity index (χ3v) is 5.12. The van der Waals surface area contributed by atoms with Crippen molar-refractivity contribution in [2.24, 2.45) is 0 Å². The molecule has 0 aliphatic rings. The molecule has 0 aliphatic carbocycles. The first-order valence-corrected chi connectivity index (χ1v) is 9.26. The smallest absolute Gasteiger partial charge is 0.348 e. The van der Waals surface area contributed by atoms with E-state index in [0.717, 1.165) is 11.3 Å². The zero-order valence-corrected chi connectivity index (χ0v) is 17.1. The summed E-state index contributed by atoms with van der Waals surface area (Å²) in [5.41, 5.74) is 0.884. The molecule has 0 saturated heterocycles. The minimum atomic E-state index is -0.547. The van der Waals surface area contributed by atoms with Crippen LogP contribution in [0.25, 0.3) is 0 Å². The molecule has 150 valence electrons. The van der Waals surface area contributed by atoms with Gasteiger partial charge in [-0.3, -0.25) is 9.59 Å². The lowest BCUT2D eigenvalue weighted by Gasteiger charge is -2.12. The normalized spacial score (nSPS) is 10.2. The van der Waals surface area contributed by atoms with Crippen LogP contribution >= 0.6 is 11.3 Å². The van der Waals surface area contributed by atoms with Crippen LogP contribution < -0.4 is 20.1 Å². The molecule has 0 spiro atoms. The van der Waals surface area contributed by atoms with E-state index >= 15 is 0 Å². The van der Waals surface area contributed by atoms with Gasteiger partial charge >= 0.3 is 5.97 Å². The van der Waals surface area contributed by atoms with E-state index < -0.39 is 17.8 Å². The molecule has 1 aromatic carbocycles. The lowest BCUT2D eigenvalue weighted by Crippen LogP contribution is -2.21. The number of anilines is 1. The van der Waals surface area contributed by atoms with E-state index in [2.05, 4.69) is 10.6 Å². The summed E-state index contributed by atoms with van der Waals surface area (Å²) in [4.78, 5) is 37.6. The average Bonchev–Trinajstić information content (AvgIpc) is 3.02. The lowest BCUT2D eigenvalue weighted by atomic mass is 10.1. The van der Waals surface area contributed by atoms with Crippen LogP contribution in [0, 0.1) is 6.92 Å². The Morgan fingerprint density at radius 1 is 1.11 bits per heavy atom. The monoisotopic (exact) mass is 406 g/mol. The summed E-state index contributed by atoms with van der Waals surface area (Å²) in [6.07, 6.45) is 0. The van der Waals surface area contributed by atoms with Gasteiger partial charge in [0.25, 0.3) is 11.8 Å². The number of para-hydroxylation sites is 1. The Kier molecular flexibility index (Phi) is 7.00. The summed E-state index contributed by atoms with van der Waals surface area (Å²) in [5.74, 6) is -0.802. The Morgan fingerprint density at radius 2 is 1.82 bits per heavy atom. The number of nitrogens with one attached hydrogen (secondary N) is 2. The van der Waals surface area contributed by atoms with Crippen molar-refractivity contribution in [1.29, 1.82) is 0 Å². The van der Waals surface area contributed by atoms with E-state index in [0.29, 0.717) is 11.3 Å². The summed E-state index contributed by atoms with van der Waals surface area (Å²) >= 11 is 0.985. The first kappa shape index (κ1) is 21.2. The van der Waals surface area contributed by atoms with Crippen molar-refractivity contribution in [1.82, 2.24) is 5.32 Å². The van der Waals surface area contributed by atoms with Crippen molar-refractivity contribution in [2.45, 2.75) is 13.8 Å². The van der Waals surface area contributed by atoms with Crippen molar-refractivity contribution in [3.63, 3.8) is 0 Å². The maximum absolute atomic E-state index is 12.9. The van der Waals surface area contributed by atoms with Crippen LogP contribution in [0.4, 0.5) is 5.00 Å². The van der Waals surface area contributed by atoms with Gasteiger partial charge in [-0.1, -0.05) is 6.07 Å². The van der Waals surface area contributed by atoms with E-state index in [1.54, 1.807) is 32.0 Å². The molecule has 9 heteroatoms. The number of carbonyl (C=O) groups excluding carboxylic acids is 3. The molecule has 2 aromatic rings. The first-order chi connectivity index (χ1) is 13.4. The van der Waals surface area contributed by atoms with Crippen LogP contribution in [0.15, 0.2) is 18.2 Å². The highest BCUT2D eigenvalue weighted by molar-refractivity contribution is 7.18. The topological polar surface area (TPSA) is 103 Å². The van der Waals surface area contributed by atoms with Crippen molar-refractivity contribution in [3.05, 3.63) is 39.8 Å². The molecule has 1 aromatic heterocycles. The summed E-state index contributed by atoms with van der Waals surface area (Å²) in [5, 5.41) is 5.47. The van der Waals surface area contributed by atoms with Gasteiger partial charge in [0, 0.05) is 7.05 Å². The van der Waals surface area contributed by atoms with Crippen molar-refractivity contribution >= 4 is 34.1 Å². The van der Waals surface area contributed by atoms with Crippen molar-refractivity contribution in [3.8, 4) is 11.5 Å². The standard InChI is InChI=1S/C19H22N2O6S/c1-6-27-19(24)15-10(2)13(17(23)20-3)18(28-15)21-16(22)11-8-7-9-12(25-4)14(11)26-5/h7-9H,6H2,1-5H3,(H,20,23)(H,21,22). The first-order valence-electron chi connectivity index (χ1n) is 8.44. The van der Waals surface area contributed by atoms with Gasteiger partial charge in [0.05, 0.1) is 32.0 Å². The van der Waals surface area contributed by atoms with E-state index in [1.807, 2.05) is 0 Å². The highest BCUT2D eigenvalue weighted by atomic mass is 32.1. The van der Waals surface area contributed by atoms with Crippen LogP contribution in [-0.4, -0.2) is 45.7 Å². The number of esters is 1. The third-order valence-electron chi connectivity index (χ3n) is 3.94. The second-order valence-electron chi connectivity index (χ2n) is 5.56. The number of thiophene rings is 1. The minimum absolute atomic E-state index is 0.203. The van der Waals surface area contributed by atoms with Crippen LogP contribution in [-0.2, 0) is 4.74 Å². The maximum atomic E-state index is 12.9. The van der Waals surface area contributed by atoms with Crippen LogP contribution in [0.1, 0.15) is 42.9 Å². The molecule has 0 bridgehead atoms. The van der Waals surface area contributed by atoms with Gasteiger partial charge < -0.3 is 24.8 Å². The number of benzene rings is 1. The molecule has 0 fully saturated rings. The van der Waals surface area contributed by atoms with Gasteiger partial charge in [-0.25, -0.2) is 4.79 Å². The Morgan fingerprint density at radius 3 is 2.39 bits per heavy atom. The number of hydrogen-bond acceptors (Lipinski definition) is 7. The molecule has 0 aliphatic heterocycles. The number of rotatable bonds is 7. The fourth-order valence-corrected chi connectivity index (χ4v) is 3.72. The largest absolute Gasteiger partial charge is 0.493 e.